The summed E-state index contributed by atoms with van der Waals surface area (Å²) < 4.78 is 1.15. The van der Waals surface area contributed by atoms with Crippen LogP contribution in [0.4, 0.5) is 5.69 Å². The third-order valence-electron chi connectivity index (χ3n) is 5.71. The summed E-state index contributed by atoms with van der Waals surface area (Å²) in [5.74, 6) is -0.0331. The largest absolute Gasteiger partial charge is 0.392 e. The van der Waals surface area contributed by atoms with Crippen LogP contribution in [-0.4, -0.2) is 21.5 Å². The Morgan fingerprint density at radius 3 is 2.17 bits per heavy atom. The number of nitrogen functional groups attached to an aromatic ring is 1. The van der Waals surface area contributed by atoms with Crippen LogP contribution in [0.15, 0.2) is 70.3 Å². The first-order chi connectivity index (χ1) is 14.5. The van der Waals surface area contributed by atoms with E-state index in [4.69, 9.17) is 5.73 Å². The maximum atomic E-state index is 13.1. The molecule has 0 atom stereocenters. The van der Waals surface area contributed by atoms with E-state index in [1.165, 1.54) is 5.56 Å². The second-order valence-corrected chi connectivity index (χ2v) is 7.63. The van der Waals surface area contributed by atoms with Gasteiger partial charge in [-0.25, -0.2) is 4.79 Å². The molecule has 1 aromatic heterocycles. The summed E-state index contributed by atoms with van der Waals surface area (Å²) in [7, 11) is 0. The predicted octanol–water partition coefficient (Wildman–Crippen LogP) is 2.56. The molecule has 1 amide bonds. The maximum absolute atomic E-state index is 13.1. The minimum absolute atomic E-state index is 0.0320. The normalized spacial score (nSPS) is 18.7. The quantitative estimate of drug-likeness (QED) is 0.621. The van der Waals surface area contributed by atoms with Crippen molar-refractivity contribution in [3.63, 3.8) is 0 Å². The van der Waals surface area contributed by atoms with Gasteiger partial charge in [-0.05, 0) is 49.3 Å². The van der Waals surface area contributed by atoms with Crippen molar-refractivity contribution in [2.75, 3.05) is 5.73 Å². The Labute approximate surface area is 173 Å². The minimum atomic E-state index is -0.759. The second kappa shape index (κ2) is 8.41. The molecule has 7 heteroatoms. The third-order valence-corrected chi connectivity index (χ3v) is 5.71. The van der Waals surface area contributed by atoms with Gasteiger partial charge in [0.2, 0.25) is 0 Å². The summed E-state index contributed by atoms with van der Waals surface area (Å²) in [6, 6.07) is 19.0. The van der Waals surface area contributed by atoms with Crippen molar-refractivity contribution in [1.82, 2.24) is 14.9 Å². The highest BCUT2D eigenvalue weighted by atomic mass is 16.2. The van der Waals surface area contributed by atoms with E-state index < -0.39 is 17.2 Å². The molecule has 1 heterocycles. The molecule has 0 bridgehead atoms. The standard InChI is InChI=1S/C23H24N4O3/c24-19-20(27(23(30)26-21(19)28)18-9-5-2-6-10-18)22(29)25-17-13-11-16(12-14-17)15-7-3-1-4-8-15/h1-10,16-17H,11-14,24H2,(H,25,29)(H,26,28,30). The summed E-state index contributed by atoms with van der Waals surface area (Å²) in [5.41, 5.74) is 5.86. The highest BCUT2D eigenvalue weighted by Gasteiger charge is 2.27. The average molecular weight is 404 g/mol. The van der Waals surface area contributed by atoms with Gasteiger partial charge in [0.05, 0.1) is 5.69 Å². The van der Waals surface area contributed by atoms with Crippen molar-refractivity contribution < 1.29 is 4.79 Å². The number of amides is 1. The predicted molar refractivity (Wildman–Crippen MR) is 116 cm³/mol. The zero-order chi connectivity index (χ0) is 21.1. The number of aromatic amines is 1. The minimum Gasteiger partial charge on any atom is -0.392 e. The molecule has 30 heavy (non-hydrogen) atoms. The SMILES string of the molecule is Nc1c(C(=O)NC2CCC(c3ccccc3)CC2)n(-c2ccccc2)c(=O)[nH]c1=O. The number of nitrogens with zero attached hydrogens (tertiary/aromatic N) is 1. The molecule has 1 aliphatic rings. The van der Waals surface area contributed by atoms with Crippen LogP contribution in [0, 0.1) is 0 Å². The molecule has 0 spiro atoms. The van der Waals surface area contributed by atoms with Crippen LogP contribution in [0.1, 0.15) is 47.7 Å². The Kier molecular flexibility index (Phi) is 5.52. The number of benzene rings is 2. The number of nitrogens with two attached hydrogens (primary N) is 1. The molecule has 0 radical (unpaired) electrons. The molecular weight excluding hydrogens is 380 g/mol. The lowest BCUT2D eigenvalue weighted by Crippen LogP contribution is -2.43. The van der Waals surface area contributed by atoms with Crippen LogP contribution in [-0.2, 0) is 0 Å². The van der Waals surface area contributed by atoms with Crippen molar-refractivity contribution in [2.24, 2.45) is 0 Å². The molecule has 0 aliphatic heterocycles. The Morgan fingerprint density at radius 1 is 0.933 bits per heavy atom. The molecule has 2 aromatic carbocycles. The summed E-state index contributed by atoms with van der Waals surface area (Å²) >= 11 is 0. The lowest BCUT2D eigenvalue weighted by molar-refractivity contribution is 0.0918. The van der Waals surface area contributed by atoms with Gasteiger partial charge in [0.1, 0.15) is 11.4 Å². The van der Waals surface area contributed by atoms with E-state index >= 15 is 0 Å². The number of carbonyl (C=O) groups excluding carboxylic acids is 1. The number of hydrogen-bond donors (Lipinski definition) is 3. The van der Waals surface area contributed by atoms with Crippen LogP contribution >= 0.6 is 0 Å². The Hall–Kier alpha value is -3.61. The number of hydrogen-bond acceptors (Lipinski definition) is 4. The zero-order valence-electron chi connectivity index (χ0n) is 16.5. The van der Waals surface area contributed by atoms with Crippen molar-refractivity contribution in [3.8, 4) is 5.69 Å². The first-order valence-corrected chi connectivity index (χ1v) is 10.1. The van der Waals surface area contributed by atoms with Gasteiger partial charge in [0.15, 0.2) is 0 Å². The van der Waals surface area contributed by atoms with Crippen molar-refractivity contribution in [1.29, 1.82) is 0 Å². The number of carbonyl (C=O) groups is 1. The van der Waals surface area contributed by atoms with Gasteiger partial charge in [-0.2, -0.15) is 0 Å². The smallest absolute Gasteiger partial charge is 0.333 e. The Bertz CT molecular complexity index is 1140. The lowest BCUT2D eigenvalue weighted by atomic mass is 9.82. The average Bonchev–Trinajstić information content (AvgIpc) is 2.77. The summed E-state index contributed by atoms with van der Waals surface area (Å²) in [6.07, 6.45) is 3.57. The highest BCUT2D eigenvalue weighted by molar-refractivity contribution is 5.98. The van der Waals surface area contributed by atoms with Crippen LogP contribution < -0.4 is 22.3 Å². The molecule has 4 N–H and O–H groups in total. The number of nitrogens with one attached hydrogen (secondary N) is 2. The van der Waals surface area contributed by atoms with Crippen LogP contribution in [0.25, 0.3) is 5.69 Å². The molecule has 1 saturated carbocycles. The highest BCUT2D eigenvalue weighted by Crippen LogP contribution is 2.32. The van der Waals surface area contributed by atoms with E-state index in [-0.39, 0.29) is 17.4 Å². The van der Waals surface area contributed by atoms with Gasteiger partial charge < -0.3 is 11.1 Å². The summed E-state index contributed by atoms with van der Waals surface area (Å²) in [6.45, 7) is 0. The molecule has 4 rings (SSSR count). The number of para-hydroxylation sites is 1. The summed E-state index contributed by atoms with van der Waals surface area (Å²) in [5, 5.41) is 2.98. The fraction of sp³-hybridized carbons (Fsp3) is 0.261. The topological polar surface area (TPSA) is 110 Å². The van der Waals surface area contributed by atoms with Crippen molar-refractivity contribution in [3.05, 3.63) is 92.8 Å². The molecular formula is C23H24N4O3. The van der Waals surface area contributed by atoms with Gasteiger partial charge in [-0.1, -0.05) is 48.5 Å². The van der Waals surface area contributed by atoms with Crippen molar-refractivity contribution in [2.45, 2.75) is 37.6 Å². The van der Waals surface area contributed by atoms with E-state index in [0.717, 1.165) is 30.3 Å². The van der Waals surface area contributed by atoms with E-state index in [2.05, 4.69) is 22.4 Å². The van der Waals surface area contributed by atoms with Gasteiger partial charge >= 0.3 is 5.69 Å². The first-order valence-electron chi connectivity index (χ1n) is 10.1. The molecule has 154 valence electrons. The number of H-pyrrole nitrogens is 1. The Morgan fingerprint density at radius 2 is 1.53 bits per heavy atom. The second-order valence-electron chi connectivity index (χ2n) is 7.63. The molecule has 1 aliphatic carbocycles. The summed E-state index contributed by atoms with van der Waals surface area (Å²) in [4.78, 5) is 39.8. The molecule has 3 aromatic rings. The molecule has 0 saturated heterocycles. The van der Waals surface area contributed by atoms with E-state index in [9.17, 15) is 14.4 Å². The monoisotopic (exact) mass is 404 g/mol. The van der Waals surface area contributed by atoms with Gasteiger partial charge in [0, 0.05) is 6.04 Å². The number of anilines is 1. The zero-order valence-corrected chi connectivity index (χ0v) is 16.5. The van der Waals surface area contributed by atoms with E-state index in [1.807, 2.05) is 18.2 Å². The van der Waals surface area contributed by atoms with Crippen LogP contribution in [0.2, 0.25) is 0 Å². The molecule has 1 fully saturated rings. The Balaban J connectivity index is 1.56. The fourth-order valence-corrected chi connectivity index (χ4v) is 4.15. The van der Waals surface area contributed by atoms with Gasteiger partial charge in [-0.3, -0.25) is 19.1 Å². The fourth-order valence-electron chi connectivity index (χ4n) is 4.15. The first kappa shape index (κ1) is 19.7. The number of aromatic nitrogens is 2. The van der Waals surface area contributed by atoms with Gasteiger partial charge in [0.25, 0.3) is 11.5 Å². The molecule has 0 unspecified atom stereocenters. The third kappa shape index (κ3) is 3.91. The maximum Gasteiger partial charge on any atom is 0.333 e. The lowest BCUT2D eigenvalue weighted by Gasteiger charge is -2.29. The van der Waals surface area contributed by atoms with Crippen LogP contribution in [0.3, 0.4) is 0 Å². The van der Waals surface area contributed by atoms with Gasteiger partial charge in [-0.15, -0.1) is 0 Å². The van der Waals surface area contributed by atoms with Crippen molar-refractivity contribution >= 4 is 11.6 Å². The number of rotatable bonds is 4. The van der Waals surface area contributed by atoms with Crippen LogP contribution in [0.5, 0.6) is 0 Å². The van der Waals surface area contributed by atoms with E-state index in [1.54, 1.807) is 30.3 Å². The van der Waals surface area contributed by atoms with E-state index in [0.29, 0.717) is 11.6 Å². The molecule has 7 nitrogen and oxygen atoms in total.